The molecule has 0 atom stereocenters. The Labute approximate surface area is 89.7 Å². The Hall–Kier alpha value is -1.72. The second-order valence-corrected chi connectivity index (χ2v) is 3.27. The van der Waals surface area contributed by atoms with Crippen LogP contribution in [0.15, 0.2) is 18.2 Å². The fourth-order valence-corrected chi connectivity index (χ4v) is 1.32. The van der Waals surface area contributed by atoms with E-state index in [1.807, 2.05) is 0 Å². The third kappa shape index (κ3) is 2.88. The molecule has 0 saturated carbocycles. The Kier molecular flexibility index (Phi) is 3.41. The van der Waals surface area contributed by atoms with Crippen LogP contribution < -0.4 is 5.73 Å². The first-order valence-corrected chi connectivity index (χ1v) is 4.48. The van der Waals surface area contributed by atoms with Gasteiger partial charge in [0, 0.05) is 12.1 Å². The van der Waals surface area contributed by atoms with Crippen LogP contribution in [0, 0.1) is 0 Å². The van der Waals surface area contributed by atoms with E-state index in [0.717, 1.165) is 6.07 Å². The number of benzene rings is 1. The second kappa shape index (κ2) is 4.42. The minimum absolute atomic E-state index is 0.00884. The number of carboxylic acids is 1. The van der Waals surface area contributed by atoms with Gasteiger partial charge < -0.3 is 10.8 Å². The van der Waals surface area contributed by atoms with E-state index in [-0.39, 0.29) is 18.4 Å². The number of anilines is 1. The smallest absolute Gasteiger partial charge is 0.418 e. The van der Waals surface area contributed by atoms with Crippen molar-refractivity contribution >= 4 is 11.7 Å². The van der Waals surface area contributed by atoms with Gasteiger partial charge >= 0.3 is 12.1 Å². The van der Waals surface area contributed by atoms with Crippen LogP contribution in [0.5, 0.6) is 0 Å². The van der Waals surface area contributed by atoms with E-state index in [1.165, 1.54) is 12.1 Å². The molecular weight excluding hydrogens is 223 g/mol. The molecule has 1 aromatic carbocycles. The van der Waals surface area contributed by atoms with Gasteiger partial charge in [-0.2, -0.15) is 13.2 Å². The lowest BCUT2D eigenvalue weighted by molar-refractivity contribution is -0.137. The summed E-state index contributed by atoms with van der Waals surface area (Å²) >= 11 is 0. The normalized spacial score (nSPS) is 11.4. The molecule has 0 saturated heterocycles. The van der Waals surface area contributed by atoms with E-state index in [2.05, 4.69) is 0 Å². The van der Waals surface area contributed by atoms with Crippen molar-refractivity contribution < 1.29 is 23.1 Å². The molecule has 0 heterocycles. The summed E-state index contributed by atoms with van der Waals surface area (Å²) < 4.78 is 37.3. The second-order valence-electron chi connectivity index (χ2n) is 3.27. The van der Waals surface area contributed by atoms with Crippen LogP contribution in [-0.2, 0) is 17.4 Å². The number of nitrogen functional groups attached to an aromatic ring is 1. The molecule has 0 aliphatic heterocycles. The molecule has 0 aliphatic carbocycles. The highest BCUT2D eigenvalue weighted by Crippen LogP contribution is 2.35. The third-order valence-corrected chi connectivity index (χ3v) is 2.11. The molecule has 0 bridgehead atoms. The van der Waals surface area contributed by atoms with Gasteiger partial charge in [0.15, 0.2) is 0 Å². The fraction of sp³-hybridized carbons (Fsp3) is 0.300. The van der Waals surface area contributed by atoms with Crippen LogP contribution in [0.2, 0.25) is 0 Å². The number of hydrogen-bond acceptors (Lipinski definition) is 2. The highest BCUT2D eigenvalue weighted by Gasteiger charge is 2.33. The standard InChI is InChI=1S/C10H10F3NO2/c11-10(12,13)7-3-1-2-6(9(7)14)4-5-8(15)16/h1-3H,4-5,14H2,(H,15,16). The SMILES string of the molecule is Nc1c(CCC(=O)O)cccc1C(F)(F)F. The van der Waals surface area contributed by atoms with Gasteiger partial charge in [0.05, 0.1) is 5.56 Å². The van der Waals surface area contributed by atoms with E-state index in [4.69, 9.17) is 10.8 Å². The zero-order valence-corrected chi connectivity index (χ0v) is 8.21. The Morgan fingerprint density at radius 3 is 2.50 bits per heavy atom. The zero-order valence-electron chi connectivity index (χ0n) is 8.21. The molecule has 0 spiro atoms. The van der Waals surface area contributed by atoms with Crippen molar-refractivity contribution in [2.75, 3.05) is 5.73 Å². The summed E-state index contributed by atoms with van der Waals surface area (Å²) in [5.41, 5.74) is 4.24. The summed E-state index contributed by atoms with van der Waals surface area (Å²) in [5, 5.41) is 8.43. The van der Waals surface area contributed by atoms with Crippen LogP contribution >= 0.6 is 0 Å². The average molecular weight is 233 g/mol. The summed E-state index contributed by atoms with van der Waals surface area (Å²) in [7, 11) is 0. The zero-order chi connectivity index (χ0) is 12.3. The molecule has 0 unspecified atom stereocenters. The lowest BCUT2D eigenvalue weighted by Gasteiger charge is -2.12. The van der Waals surface area contributed by atoms with E-state index >= 15 is 0 Å². The Morgan fingerprint density at radius 1 is 1.38 bits per heavy atom. The summed E-state index contributed by atoms with van der Waals surface area (Å²) in [6.45, 7) is 0. The fourth-order valence-electron chi connectivity index (χ4n) is 1.32. The minimum atomic E-state index is -4.51. The number of carboxylic acid groups (broad SMARTS) is 1. The van der Waals surface area contributed by atoms with Gasteiger partial charge in [-0.1, -0.05) is 12.1 Å². The number of para-hydroxylation sites is 1. The molecule has 0 aliphatic rings. The lowest BCUT2D eigenvalue weighted by Crippen LogP contribution is -2.11. The van der Waals surface area contributed by atoms with Crippen molar-refractivity contribution in [1.82, 2.24) is 0 Å². The van der Waals surface area contributed by atoms with Crippen LogP contribution in [0.25, 0.3) is 0 Å². The summed E-state index contributed by atoms with van der Waals surface area (Å²) in [6, 6.07) is 3.49. The molecule has 1 rings (SSSR count). The molecule has 3 nitrogen and oxygen atoms in total. The Balaban J connectivity index is 3.00. The van der Waals surface area contributed by atoms with Crippen molar-refractivity contribution in [3.8, 4) is 0 Å². The molecular formula is C10H10F3NO2. The van der Waals surface area contributed by atoms with Gasteiger partial charge in [-0.05, 0) is 18.1 Å². The van der Waals surface area contributed by atoms with E-state index in [0.29, 0.717) is 0 Å². The average Bonchev–Trinajstić information content (AvgIpc) is 2.14. The number of carbonyl (C=O) groups is 1. The van der Waals surface area contributed by atoms with Crippen LogP contribution in [0.4, 0.5) is 18.9 Å². The number of nitrogens with two attached hydrogens (primary N) is 1. The van der Waals surface area contributed by atoms with E-state index in [1.54, 1.807) is 0 Å². The molecule has 0 aromatic heterocycles. The topological polar surface area (TPSA) is 63.3 Å². The van der Waals surface area contributed by atoms with Gasteiger partial charge in [0.25, 0.3) is 0 Å². The van der Waals surface area contributed by atoms with Crippen molar-refractivity contribution in [1.29, 1.82) is 0 Å². The van der Waals surface area contributed by atoms with E-state index in [9.17, 15) is 18.0 Å². The van der Waals surface area contributed by atoms with E-state index < -0.39 is 23.4 Å². The minimum Gasteiger partial charge on any atom is -0.481 e. The predicted molar refractivity (Wildman–Crippen MR) is 51.8 cm³/mol. The van der Waals surface area contributed by atoms with Gasteiger partial charge in [0.1, 0.15) is 0 Å². The Morgan fingerprint density at radius 2 is 2.00 bits per heavy atom. The maximum absolute atomic E-state index is 12.4. The summed E-state index contributed by atoms with van der Waals surface area (Å²) in [6.07, 6.45) is -4.76. The molecule has 3 N–H and O–H groups in total. The summed E-state index contributed by atoms with van der Waals surface area (Å²) in [5.74, 6) is -1.07. The van der Waals surface area contributed by atoms with Crippen molar-refractivity contribution in [3.05, 3.63) is 29.3 Å². The van der Waals surface area contributed by atoms with Gasteiger partial charge in [-0.15, -0.1) is 0 Å². The van der Waals surface area contributed by atoms with Crippen molar-refractivity contribution in [3.63, 3.8) is 0 Å². The number of aliphatic carboxylic acids is 1. The van der Waals surface area contributed by atoms with Crippen LogP contribution in [0.3, 0.4) is 0 Å². The first-order valence-electron chi connectivity index (χ1n) is 4.48. The monoisotopic (exact) mass is 233 g/mol. The van der Waals surface area contributed by atoms with Gasteiger partial charge in [-0.3, -0.25) is 4.79 Å². The third-order valence-electron chi connectivity index (χ3n) is 2.11. The first kappa shape index (κ1) is 12.4. The van der Waals surface area contributed by atoms with Crippen LogP contribution in [-0.4, -0.2) is 11.1 Å². The number of rotatable bonds is 3. The number of hydrogen-bond donors (Lipinski definition) is 2. The maximum Gasteiger partial charge on any atom is 0.418 e. The predicted octanol–water partition coefficient (Wildman–Crippen LogP) is 2.30. The maximum atomic E-state index is 12.4. The Bertz CT molecular complexity index is 402. The molecule has 6 heteroatoms. The van der Waals surface area contributed by atoms with Crippen molar-refractivity contribution in [2.45, 2.75) is 19.0 Å². The molecule has 16 heavy (non-hydrogen) atoms. The van der Waals surface area contributed by atoms with Gasteiger partial charge in [-0.25, -0.2) is 0 Å². The van der Waals surface area contributed by atoms with Gasteiger partial charge in [0.2, 0.25) is 0 Å². The number of aryl methyl sites for hydroxylation is 1. The quantitative estimate of drug-likeness (QED) is 0.787. The first-order chi connectivity index (χ1) is 7.32. The van der Waals surface area contributed by atoms with Crippen molar-refractivity contribution in [2.24, 2.45) is 0 Å². The highest BCUT2D eigenvalue weighted by atomic mass is 19.4. The highest BCUT2D eigenvalue weighted by molar-refractivity contribution is 5.68. The number of halogens is 3. The number of alkyl halides is 3. The lowest BCUT2D eigenvalue weighted by atomic mass is 10.0. The summed E-state index contributed by atoms with van der Waals surface area (Å²) in [4.78, 5) is 10.3. The molecule has 1 aromatic rings. The molecule has 88 valence electrons. The molecule has 0 radical (unpaired) electrons. The largest absolute Gasteiger partial charge is 0.481 e. The molecule has 0 fully saturated rings. The van der Waals surface area contributed by atoms with Crippen LogP contribution in [0.1, 0.15) is 17.5 Å². The molecule has 0 amide bonds.